The first-order valence-corrected chi connectivity index (χ1v) is 12.7. The second-order valence-corrected chi connectivity index (χ2v) is 10.2. The minimum absolute atomic E-state index is 0.141. The summed E-state index contributed by atoms with van der Waals surface area (Å²) in [6.07, 6.45) is 0. The molecular formula is C26H20BrCl2N3O5. The molecule has 2 saturated heterocycles. The van der Waals surface area contributed by atoms with Gasteiger partial charge in [-0.2, -0.15) is 0 Å². The summed E-state index contributed by atoms with van der Waals surface area (Å²) in [4.78, 5) is 42.4. The molecule has 0 unspecified atom stereocenters. The van der Waals surface area contributed by atoms with Crippen LogP contribution in [-0.2, 0) is 9.59 Å². The summed E-state index contributed by atoms with van der Waals surface area (Å²) in [5.74, 6) is -1.52. The molecular weight excluding hydrogens is 585 g/mol. The Morgan fingerprint density at radius 3 is 2.43 bits per heavy atom. The first kappa shape index (κ1) is 25.5. The summed E-state index contributed by atoms with van der Waals surface area (Å²) < 4.78 is 11.6. The molecule has 3 aromatic rings. The van der Waals surface area contributed by atoms with E-state index < -0.39 is 35.7 Å². The zero-order valence-electron chi connectivity index (χ0n) is 19.6. The van der Waals surface area contributed by atoms with Crippen molar-refractivity contribution in [2.75, 3.05) is 19.1 Å². The largest absolute Gasteiger partial charge is 0.497 e. The lowest BCUT2D eigenvalue weighted by atomic mass is 9.90. The number of hydrogen-bond donors (Lipinski definition) is 1. The number of nitrogens with one attached hydrogen (secondary N) is 1. The summed E-state index contributed by atoms with van der Waals surface area (Å²) >= 11 is 15.8. The predicted molar refractivity (Wildman–Crippen MR) is 142 cm³/mol. The van der Waals surface area contributed by atoms with Crippen molar-refractivity contribution in [2.24, 2.45) is 5.92 Å². The first-order valence-electron chi connectivity index (χ1n) is 11.1. The van der Waals surface area contributed by atoms with Gasteiger partial charge in [-0.05, 0) is 54.6 Å². The predicted octanol–water partition coefficient (Wildman–Crippen LogP) is 5.03. The Morgan fingerprint density at radius 1 is 0.973 bits per heavy atom. The third kappa shape index (κ3) is 4.35. The maximum Gasteiger partial charge on any atom is 0.268 e. The van der Waals surface area contributed by atoms with Gasteiger partial charge in [-0.1, -0.05) is 45.2 Å². The fourth-order valence-corrected chi connectivity index (χ4v) is 5.67. The zero-order chi connectivity index (χ0) is 26.4. The summed E-state index contributed by atoms with van der Waals surface area (Å²) in [6, 6.07) is 14.5. The van der Waals surface area contributed by atoms with Gasteiger partial charge in [0, 0.05) is 20.6 Å². The standard InChI is InChI=1S/C26H20BrCl2N3O5/c1-36-16-7-9-20(37-2)17(12-16)22-21-23(32(30-22)24(33)13-4-3-5-14(27)10-13)26(35)31(25(21)34)19-8-6-15(28)11-18(19)29/h3-12,21-23,30H,1-2H3/t21-,22+,23+/m1/s1. The second-order valence-electron chi connectivity index (χ2n) is 8.48. The normalized spacial score (nSPS) is 20.8. The van der Waals surface area contributed by atoms with Gasteiger partial charge in [-0.15, -0.1) is 0 Å². The monoisotopic (exact) mass is 603 g/mol. The first-order chi connectivity index (χ1) is 17.7. The number of carbonyl (C=O) groups is 3. The van der Waals surface area contributed by atoms with Crippen LogP contribution in [0.25, 0.3) is 0 Å². The molecule has 5 rings (SSSR count). The fraction of sp³-hybridized carbons (Fsp3) is 0.192. The van der Waals surface area contributed by atoms with E-state index in [4.69, 9.17) is 32.7 Å². The Hall–Kier alpha value is -3.11. The molecule has 0 bridgehead atoms. The summed E-state index contributed by atoms with van der Waals surface area (Å²) in [7, 11) is 3.03. The van der Waals surface area contributed by atoms with Crippen LogP contribution in [0.3, 0.4) is 0 Å². The third-order valence-electron chi connectivity index (χ3n) is 6.45. The molecule has 3 aromatic carbocycles. The number of rotatable bonds is 5. The van der Waals surface area contributed by atoms with Gasteiger partial charge < -0.3 is 9.47 Å². The van der Waals surface area contributed by atoms with Crippen LogP contribution >= 0.6 is 39.1 Å². The zero-order valence-corrected chi connectivity index (χ0v) is 22.7. The minimum Gasteiger partial charge on any atom is -0.497 e. The van der Waals surface area contributed by atoms with E-state index in [2.05, 4.69) is 21.4 Å². The average Bonchev–Trinajstić information content (AvgIpc) is 3.40. The highest BCUT2D eigenvalue weighted by atomic mass is 79.9. The number of imide groups is 1. The van der Waals surface area contributed by atoms with E-state index in [0.717, 1.165) is 4.90 Å². The number of carbonyl (C=O) groups excluding carboxylic acids is 3. The number of benzene rings is 3. The third-order valence-corrected chi connectivity index (χ3v) is 7.48. The van der Waals surface area contributed by atoms with Gasteiger partial charge in [-0.25, -0.2) is 10.3 Å². The topological polar surface area (TPSA) is 88.2 Å². The molecule has 0 radical (unpaired) electrons. The molecule has 3 amide bonds. The minimum atomic E-state index is -1.13. The number of hydrazine groups is 1. The molecule has 1 N–H and O–H groups in total. The molecule has 190 valence electrons. The van der Waals surface area contributed by atoms with E-state index in [9.17, 15) is 14.4 Å². The van der Waals surface area contributed by atoms with Crippen LogP contribution in [0, 0.1) is 5.92 Å². The number of ether oxygens (including phenoxy) is 2. The van der Waals surface area contributed by atoms with Crippen molar-refractivity contribution in [1.82, 2.24) is 10.4 Å². The van der Waals surface area contributed by atoms with Crippen LogP contribution in [-0.4, -0.2) is 43.0 Å². The quantitative estimate of drug-likeness (QED) is 0.411. The Bertz CT molecular complexity index is 1440. The molecule has 0 aromatic heterocycles. The van der Waals surface area contributed by atoms with E-state index in [1.165, 1.54) is 31.4 Å². The van der Waals surface area contributed by atoms with Gasteiger partial charge in [0.05, 0.1) is 36.9 Å². The van der Waals surface area contributed by atoms with Gasteiger partial charge >= 0.3 is 0 Å². The smallest absolute Gasteiger partial charge is 0.268 e. The van der Waals surface area contributed by atoms with Gasteiger partial charge in [0.2, 0.25) is 5.91 Å². The number of nitrogens with zero attached hydrogens (tertiary/aromatic N) is 2. The van der Waals surface area contributed by atoms with Gasteiger partial charge in [0.15, 0.2) is 0 Å². The lowest BCUT2D eigenvalue weighted by Gasteiger charge is -2.26. The molecule has 0 saturated carbocycles. The maximum atomic E-state index is 13.9. The molecule has 0 aliphatic carbocycles. The number of hydrogen-bond acceptors (Lipinski definition) is 6. The molecule has 2 aliphatic rings. The van der Waals surface area contributed by atoms with Crippen molar-refractivity contribution in [2.45, 2.75) is 12.1 Å². The number of methoxy groups -OCH3 is 2. The van der Waals surface area contributed by atoms with E-state index in [-0.39, 0.29) is 10.7 Å². The van der Waals surface area contributed by atoms with Crippen LogP contribution in [0.5, 0.6) is 11.5 Å². The maximum absolute atomic E-state index is 13.9. The number of amides is 3. The van der Waals surface area contributed by atoms with Crippen molar-refractivity contribution in [1.29, 1.82) is 0 Å². The Balaban J connectivity index is 1.64. The Kier molecular flexibility index (Phi) is 6.89. The fourth-order valence-electron chi connectivity index (χ4n) is 4.78. The van der Waals surface area contributed by atoms with Crippen LogP contribution in [0.2, 0.25) is 10.0 Å². The molecule has 2 fully saturated rings. The van der Waals surface area contributed by atoms with Crippen molar-refractivity contribution < 1.29 is 23.9 Å². The number of fused-ring (bicyclic) bond motifs is 1. The van der Waals surface area contributed by atoms with E-state index in [1.807, 2.05) is 0 Å². The van der Waals surface area contributed by atoms with Gasteiger partial charge in [-0.3, -0.25) is 19.4 Å². The van der Waals surface area contributed by atoms with Crippen LogP contribution in [0.4, 0.5) is 5.69 Å². The second kappa shape index (κ2) is 9.98. The van der Waals surface area contributed by atoms with Gasteiger partial charge in [0.25, 0.3) is 11.8 Å². The van der Waals surface area contributed by atoms with Crippen LogP contribution < -0.4 is 19.8 Å². The Morgan fingerprint density at radius 2 is 1.76 bits per heavy atom. The molecule has 37 heavy (non-hydrogen) atoms. The molecule has 2 heterocycles. The summed E-state index contributed by atoms with van der Waals surface area (Å²) in [5.41, 5.74) is 4.21. The Labute approximate surface area is 231 Å². The number of halogens is 3. The van der Waals surface area contributed by atoms with E-state index in [0.29, 0.717) is 32.1 Å². The highest BCUT2D eigenvalue weighted by Crippen LogP contribution is 2.46. The lowest BCUT2D eigenvalue weighted by molar-refractivity contribution is -0.123. The van der Waals surface area contributed by atoms with Crippen molar-refractivity contribution in [3.05, 3.63) is 86.3 Å². The summed E-state index contributed by atoms with van der Waals surface area (Å²) in [5, 5.41) is 1.72. The summed E-state index contributed by atoms with van der Waals surface area (Å²) in [6.45, 7) is 0. The highest BCUT2D eigenvalue weighted by molar-refractivity contribution is 9.10. The van der Waals surface area contributed by atoms with Crippen molar-refractivity contribution in [3.8, 4) is 11.5 Å². The molecule has 3 atom stereocenters. The highest BCUT2D eigenvalue weighted by Gasteiger charge is 2.61. The average molecular weight is 605 g/mol. The number of anilines is 1. The van der Waals surface area contributed by atoms with E-state index in [1.54, 1.807) is 48.5 Å². The van der Waals surface area contributed by atoms with Gasteiger partial charge in [0.1, 0.15) is 17.5 Å². The van der Waals surface area contributed by atoms with Crippen LogP contribution in [0.1, 0.15) is 22.0 Å². The SMILES string of the molecule is COc1ccc(OC)c([C@@H]2NN(C(=O)c3cccc(Br)c3)[C@@H]3C(=O)N(c4ccc(Cl)cc4Cl)C(=O)[C@@H]32)c1. The van der Waals surface area contributed by atoms with Crippen molar-refractivity contribution >= 4 is 62.5 Å². The molecule has 0 spiro atoms. The molecule has 8 nitrogen and oxygen atoms in total. The molecule has 2 aliphatic heterocycles. The molecule has 11 heteroatoms. The van der Waals surface area contributed by atoms with Crippen LogP contribution in [0.15, 0.2) is 65.1 Å². The lowest BCUT2D eigenvalue weighted by Crippen LogP contribution is -2.48. The van der Waals surface area contributed by atoms with Crippen molar-refractivity contribution in [3.63, 3.8) is 0 Å². The van der Waals surface area contributed by atoms with E-state index >= 15 is 0 Å².